The maximum Gasteiger partial charge on any atom is 0.307 e. The van der Waals surface area contributed by atoms with E-state index in [4.69, 9.17) is 9.84 Å². The fourth-order valence-corrected chi connectivity index (χ4v) is 3.06. The first kappa shape index (κ1) is 15.0. The smallest absolute Gasteiger partial charge is 0.307 e. The number of rotatable bonds is 4. The Kier molecular flexibility index (Phi) is 4.16. The monoisotopic (exact) mass is 303 g/mol. The first-order chi connectivity index (χ1) is 10.6. The third-order valence-electron chi connectivity index (χ3n) is 4.50. The summed E-state index contributed by atoms with van der Waals surface area (Å²) in [5, 5.41) is 11.9. The molecule has 2 aliphatic rings. The molecule has 1 saturated carbocycles. The highest BCUT2D eigenvalue weighted by Crippen LogP contribution is 2.39. The molecule has 1 aliphatic carbocycles. The molecular formula is C17H21NO4. The van der Waals surface area contributed by atoms with Gasteiger partial charge in [0.1, 0.15) is 6.10 Å². The van der Waals surface area contributed by atoms with Crippen LogP contribution in [0.2, 0.25) is 0 Å². The first-order valence-corrected chi connectivity index (χ1v) is 7.77. The third-order valence-corrected chi connectivity index (χ3v) is 4.50. The lowest BCUT2D eigenvalue weighted by atomic mass is 9.95. The quantitative estimate of drug-likeness (QED) is 0.892. The molecule has 4 atom stereocenters. The number of amides is 1. The number of ether oxygens (including phenoxy) is 1. The molecule has 1 aliphatic heterocycles. The van der Waals surface area contributed by atoms with E-state index < -0.39 is 11.9 Å². The number of aliphatic carboxylic acids is 1. The van der Waals surface area contributed by atoms with E-state index in [1.165, 1.54) is 5.56 Å². The van der Waals surface area contributed by atoms with Crippen molar-refractivity contribution < 1.29 is 19.4 Å². The number of hydrogen-bond acceptors (Lipinski definition) is 3. The molecule has 0 aromatic heterocycles. The van der Waals surface area contributed by atoms with Crippen molar-refractivity contribution in [2.75, 3.05) is 6.61 Å². The van der Waals surface area contributed by atoms with Crippen LogP contribution in [0.3, 0.4) is 0 Å². The van der Waals surface area contributed by atoms with Crippen LogP contribution in [0.1, 0.15) is 36.5 Å². The van der Waals surface area contributed by atoms with Gasteiger partial charge in [-0.05, 0) is 31.7 Å². The van der Waals surface area contributed by atoms with E-state index in [1.807, 2.05) is 31.2 Å². The van der Waals surface area contributed by atoms with Crippen LogP contribution in [0.25, 0.3) is 0 Å². The maximum absolute atomic E-state index is 12.2. The predicted octanol–water partition coefficient (Wildman–Crippen LogP) is 2.05. The van der Waals surface area contributed by atoms with Gasteiger partial charge in [0.25, 0.3) is 0 Å². The number of nitrogens with one attached hydrogen (secondary N) is 1. The Balaban J connectivity index is 1.67. The Morgan fingerprint density at radius 1 is 1.23 bits per heavy atom. The van der Waals surface area contributed by atoms with Crippen molar-refractivity contribution in [2.24, 2.45) is 11.8 Å². The van der Waals surface area contributed by atoms with Gasteiger partial charge in [-0.3, -0.25) is 9.59 Å². The largest absolute Gasteiger partial charge is 0.481 e. The van der Waals surface area contributed by atoms with Gasteiger partial charge in [-0.1, -0.05) is 29.8 Å². The molecule has 22 heavy (non-hydrogen) atoms. The van der Waals surface area contributed by atoms with Crippen molar-refractivity contribution in [1.82, 2.24) is 5.32 Å². The minimum Gasteiger partial charge on any atom is -0.481 e. The van der Waals surface area contributed by atoms with E-state index in [9.17, 15) is 9.59 Å². The molecule has 118 valence electrons. The average molecular weight is 303 g/mol. The van der Waals surface area contributed by atoms with E-state index >= 15 is 0 Å². The molecule has 1 aromatic carbocycles. The summed E-state index contributed by atoms with van der Waals surface area (Å²) in [5.74, 6) is -1.92. The van der Waals surface area contributed by atoms with Gasteiger partial charge >= 0.3 is 5.97 Å². The molecule has 2 fully saturated rings. The van der Waals surface area contributed by atoms with Crippen molar-refractivity contribution >= 4 is 11.9 Å². The van der Waals surface area contributed by atoms with Gasteiger partial charge in [0, 0.05) is 6.61 Å². The zero-order valence-corrected chi connectivity index (χ0v) is 12.6. The summed E-state index contributed by atoms with van der Waals surface area (Å²) in [6.07, 6.45) is 2.05. The van der Waals surface area contributed by atoms with Crippen molar-refractivity contribution in [3.8, 4) is 0 Å². The fraction of sp³-hybridized carbons (Fsp3) is 0.529. The highest BCUT2D eigenvalue weighted by atomic mass is 16.5. The van der Waals surface area contributed by atoms with E-state index in [0.29, 0.717) is 13.0 Å². The number of carboxylic acid groups (broad SMARTS) is 1. The first-order valence-electron chi connectivity index (χ1n) is 7.77. The summed E-state index contributed by atoms with van der Waals surface area (Å²) in [6.45, 7) is 2.72. The summed E-state index contributed by atoms with van der Waals surface area (Å²) < 4.78 is 5.86. The molecule has 5 heteroatoms. The summed E-state index contributed by atoms with van der Waals surface area (Å²) in [7, 11) is 0. The van der Waals surface area contributed by atoms with E-state index in [0.717, 1.165) is 18.4 Å². The van der Waals surface area contributed by atoms with Crippen LogP contribution in [0.15, 0.2) is 24.3 Å². The molecule has 3 rings (SSSR count). The maximum atomic E-state index is 12.2. The number of benzene rings is 1. The van der Waals surface area contributed by atoms with Crippen LogP contribution >= 0.6 is 0 Å². The predicted molar refractivity (Wildman–Crippen MR) is 80.3 cm³/mol. The number of carboxylic acids is 1. The highest BCUT2D eigenvalue weighted by molar-refractivity contribution is 5.89. The molecule has 0 unspecified atom stereocenters. The molecule has 0 bridgehead atoms. The fourth-order valence-electron chi connectivity index (χ4n) is 3.06. The highest BCUT2D eigenvalue weighted by Gasteiger charge is 2.49. The molecular weight excluding hydrogens is 282 g/mol. The van der Waals surface area contributed by atoms with Crippen molar-refractivity contribution in [2.45, 2.75) is 38.3 Å². The number of carbonyl (C=O) groups excluding carboxylic acids is 1. The summed E-state index contributed by atoms with van der Waals surface area (Å²) in [4.78, 5) is 23.1. The van der Waals surface area contributed by atoms with Crippen LogP contribution in [0, 0.1) is 18.8 Å². The van der Waals surface area contributed by atoms with Crippen molar-refractivity contribution in [3.63, 3.8) is 0 Å². The minimum absolute atomic E-state index is 0.0843. The molecule has 1 saturated heterocycles. The van der Waals surface area contributed by atoms with E-state index in [2.05, 4.69) is 5.32 Å². The van der Waals surface area contributed by atoms with Crippen LogP contribution < -0.4 is 5.32 Å². The van der Waals surface area contributed by atoms with Gasteiger partial charge in [-0.25, -0.2) is 0 Å². The molecule has 0 spiro atoms. The summed E-state index contributed by atoms with van der Waals surface area (Å²) in [6, 6.07) is 8.05. The van der Waals surface area contributed by atoms with Gasteiger partial charge in [-0.15, -0.1) is 0 Å². The molecule has 1 amide bonds. The number of aryl methyl sites for hydroxylation is 1. The molecule has 1 aromatic rings. The van der Waals surface area contributed by atoms with Gasteiger partial charge in [0.15, 0.2) is 0 Å². The zero-order chi connectivity index (χ0) is 15.7. The Labute approximate surface area is 129 Å². The second kappa shape index (κ2) is 6.08. The second-order valence-electron chi connectivity index (χ2n) is 6.25. The zero-order valence-electron chi connectivity index (χ0n) is 12.6. The Morgan fingerprint density at radius 3 is 2.59 bits per heavy atom. The molecule has 1 heterocycles. The lowest BCUT2D eigenvalue weighted by Crippen LogP contribution is -2.43. The van der Waals surface area contributed by atoms with Crippen LogP contribution in [0.4, 0.5) is 0 Å². The Bertz CT molecular complexity index is 569. The van der Waals surface area contributed by atoms with Gasteiger partial charge in [0.2, 0.25) is 5.91 Å². The van der Waals surface area contributed by atoms with Crippen molar-refractivity contribution in [3.05, 3.63) is 35.4 Å². The number of hydrogen-bond donors (Lipinski definition) is 2. The van der Waals surface area contributed by atoms with Crippen LogP contribution in [-0.2, 0) is 14.3 Å². The minimum atomic E-state index is -0.880. The normalized spacial score (nSPS) is 30.6. The van der Waals surface area contributed by atoms with Gasteiger partial charge in [-0.2, -0.15) is 0 Å². The SMILES string of the molecule is Cc1ccc([C@@H]2OCCC[C@@H]2NC(=O)[C@H]2C[C@@H]2C(=O)O)cc1. The summed E-state index contributed by atoms with van der Waals surface area (Å²) >= 11 is 0. The number of carbonyl (C=O) groups is 2. The van der Waals surface area contributed by atoms with E-state index in [-0.39, 0.29) is 24.0 Å². The van der Waals surface area contributed by atoms with Crippen molar-refractivity contribution in [1.29, 1.82) is 0 Å². The molecule has 5 nitrogen and oxygen atoms in total. The Morgan fingerprint density at radius 2 is 1.95 bits per heavy atom. The molecule has 2 N–H and O–H groups in total. The Hall–Kier alpha value is -1.88. The molecule has 0 radical (unpaired) electrons. The van der Waals surface area contributed by atoms with Crippen LogP contribution in [-0.4, -0.2) is 29.6 Å². The van der Waals surface area contributed by atoms with E-state index in [1.54, 1.807) is 0 Å². The lowest BCUT2D eigenvalue weighted by molar-refractivity contribution is -0.140. The van der Waals surface area contributed by atoms with Gasteiger partial charge in [0.05, 0.1) is 17.9 Å². The van der Waals surface area contributed by atoms with Gasteiger partial charge < -0.3 is 15.2 Å². The topological polar surface area (TPSA) is 75.6 Å². The lowest BCUT2D eigenvalue weighted by Gasteiger charge is -2.32. The standard InChI is InChI=1S/C17H21NO4/c1-10-4-6-11(7-5-10)15-14(3-2-8-22-15)18-16(19)12-9-13(12)17(20)21/h4-7,12-15H,2-3,8-9H2,1H3,(H,18,19)(H,20,21)/t12-,13-,14-,15-/m0/s1. The average Bonchev–Trinajstić information content (AvgIpc) is 3.29. The second-order valence-corrected chi connectivity index (χ2v) is 6.25. The summed E-state index contributed by atoms with van der Waals surface area (Å²) in [5.41, 5.74) is 2.24. The van der Waals surface area contributed by atoms with Crippen LogP contribution in [0.5, 0.6) is 0 Å². The third kappa shape index (κ3) is 3.14.